The monoisotopic (exact) mass is 184 g/mol. The number of hydrogen-bond donors (Lipinski definition) is 1. The Bertz CT molecular complexity index is 174. The van der Waals surface area contributed by atoms with Gasteiger partial charge in [0.15, 0.2) is 0 Å². The molecular formula is C10H20N2O. The van der Waals surface area contributed by atoms with E-state index >= 15 is 0 Å². The van der Waals surface area contributed by atoms with E-state index < -0.39 is 0 Å². The summed E-state index contributed by atoms with van der Waals surface area (Å²) in [4.78, 5) is 2.54. The maximum Gasteiger partial charge on any atom is 0.0731 e. The molecule has 3 atom stereocenters. The first kappa shape index (κ1) is 9.44. The van der Waals surface area contributed by atoms with Crippen LogP contribution in [-0.4, -0.2) is 42.8 Å². The van der Waals surface area contributed by atoms with E-state index in [0.29, 0.717) is 18.2 Å². The van der Waals surface area contributed by atoms with Gasteiger partial charge in [0, 0.05) is 25.2 Å². The first-order valence-electron chi connectivity index (χ1n) is 5.40. The molecule has 1 saturated carbocycles. The fourth-order valence-electron chi connectivity index (χ4n) is 2.64. The van der Waals surface area contributed by atoms with Crippen LogP contribution in [0.1, 0.15) is 26.2 Å². The summed E-state index contributed by atoms with van der Waals surface area (Å²) in [7, 11) is 0. The van der Waals surface area contributed by atoms with Crippen LogP contribution in [0.4, 0.5) is 0 Å². The van der Waals surface area contributed by atoms with E-state index in [-0.39, 0.29) is 0 Å². The molecule has 0 aromatic carbocycles. The number of morpholine rings is 1. The number of nitrogens with two attached hydrogens (primary N) is 1. The van der Waals surface area contributed by atoms with E-state index in [0.717, 1.165) is 19.7 Å². The van der Waals surface area contributed by atoms with E-state index in [2.05, 4.69) is 11.8 Å². The molecule has 1 saturated heterocycles. The highest BCUT2D eigenvalue weighted by Crippen LogP contribution is 2.30. The lowest BCUT2D eigenvalue weighted by atomic mass is 10.1. The van der Waals surface area contributed by atoms with Crippen molar-refractivity contribution in [2.75, 3.05) is 19.7 Å². The minimum absolute atomic E-state index is 0.503. The first-order valence-corrected chi connectivity index (χ1v) is 5.40. The zero-order valence-corrected chi connectivity index (χ0v) is 8.41. The second kappa shape index (κ2) is 3.95. The van der Waals surface area contributed by atoms with Crippen molar-refractivity contribution in [1.82, 2.24) is 4.90 Å². The van der Waals surface area contributed by atoms with Gasteiger partial charge in [-0.15, -0.1) is 0 Å². The fourth-order valence-corrected chi connectivity index (χ4v) is 2.64. The first-order chi connectivity index (χ1) is 6.33. The molecule has 2 aliphatic rings. The second-order valence-electron chi connectivity index (χ2n) is 4.23. The van der Waals surface area contributed by atoms with Crippen LogP contribution in [0, 0.1) is 0 Å². The van der Waals surface area contributed by atoms with E-state index in [9.17, 15) is 0 Å². The van der Waals surface area contributed by atoms with Crippen LogP contribution >= 0.6 is 0 Å². The van der Waals surface area contributed by atoms with Crippen molar-refractivity contribution in [2.24, 2.45) is 5.73 Å². The summed E-state index contributed by atoms with van der Waals surface area (Å²) in [6.45, 7) is 4.95. The topological polar surface area (TPSA) is 38.5 Å². The lowest BCUT2D eigenvalue weighted by molar-refractivity contribution is -0.0677. The van der Waals surface area contributed by atoms with Gasteiger partial charge in [0.25, 0.3) is 0 Å². The van der Waals surface area contributed by atoms with Gasteiger partial charge in [0.1, 0.15) is 0 Å². The second-order valence-corrected chi connectivity index (χ2v) is 4.23. The summed E-state index contributed by atoms with van der Waals surface area (Å²) in [5.74, 6) is 0. The zero-order chi connectivity index (χ0) is 9.26. The van der Waals surface area contributed by atoms with Crippen LogP contribution in [0.25, 0.3) is 0 Å². The maximum absolute atomic E-state index is 5.74. The van der Waals surface area contributed by atoms with E-state index in [1.54, 1.807) is 0 Å². The molecule has 3 heteroatoms. The minimum Gasteiger partial charge on any atom is -0.375 e. The van der Waals surface area contributed by atoms with Crippen LogP contribution in [0.2, 0.25) is 0 Å². The summed E-state index contributed by atoms with van der Waals surface area (Å²) >= 11 is 0. The average Bonchev–Trinajstić information content (AvgIpc) is 2.63. The smallest absolute Gasteiger partial charge is 0.0731 e. The lowest BCUT2D eigenvalue weighted by Gasteiger charge is -2.41. The Morgan fingerprint density at radius 3 is 3.15 bits per heavy atom. The Labute approximate surface area is 80.2 Å². The molecule has 0 spiro atoms. The number of nitrogens with zero attached hydrogens (tertiary/aromatic N) is 1. The molecule has 13 heavy (non-hydrogen) atoms. The van der Waals surface area contributed by atoms with Crippen molar-refractivity contribution < 1.29 is 4.74 Å². The molecule has 76 valence electrons. The van der Waals surface area contributed by atoms with Gasteiger partial charge in [-0.2, -0.15) is 0 Å². The standard InChI is InChI=1S/C10H20N2O/c1-8(7-11)12-5-6-13-10-4-2-3-9(10)12/h8-10H,2-7,11H2,1H3. The molecule has 0 aromatic heterocycles. The highest BCUT2D eigenvalue weighted by atomic mass is 16.5. The van der Waals surface area contributed by atoms with Crippen LogP contribution in [0.15, 0.2) is 0 Å². The molecule has 0 bridgehead atoms. The van der Waals surface area contributed by atoms with E-state index in [4.69, 9.17) is 10.5 Å². The lowest BCUT2D eigenvalue weighted by Crippen LogP contribution is -2.54. The third-order valence-electron chi connectivity index (χ3n) is 3.43. The Balaban J connectivity index is 2.01. The fraction of sp³-hybridized carbons (Fsp3) is 1.00. The Morgan fingerprint density at radius 1 is 1.54 bits per heavy atom. The molecule has 2 N–H and O–H groups in total. The van der Waals surface area contributed by atoms with Crippen LogP contribution < -0.4 is 5.73 Å². The van der Waals surface area contributed by atoms with Crippen molar-refractivity contribution in [3.8, 4) is 0 Å². The molecular weight excluding hydrogens is 164 g/mol. The van der Waals surface area contributed by atoms with Crippen molar-refractivity contribution >= 4 is 0 Å². The Kier molecular flexibility index (Phi) is 2.86. The van der Waals surface area contributed by atoms with E-state index in [1.807, 2.05) is 0 Å². The van der Waals surface area contributed by atoms with Crippen LogP contribution in [0.3, 0.4) is 0 Å². The summed E-state index contributed by atoms with van der Waals surface area (Å²) in [6.07, 6.45) is 4.37. The van der Waals surface area contributed by atoms with Gasteiger partial charge >= 0.3 is 0 Å². The van der Waals surface area contributed by atoms with Gasteiger partial charge in [-0.25, -0.2) is 0 Å². The minimum atomic E-state index is 0.503. The van der Waals surface area contributed by atoms with Crippen LogP contribution in [0.5, 0.6) is 0 Å². The number of hydrogen-bond acceptors (Lipinski definition) is 3. The summed E-state index contributed by atoms with van der Waals surface area (Å²) < 4.78 is 5.74. The van der Waals surface area contributed by atoms with Gasteiger partial charge < -0.3 is 10.5 Å². The van der Waals surface area contributed by atoms with Crippen LogP contribution in [-0.2, 0) is 4.74 Å². The molecule has 1 heterocycles. The quantitative estimate of drug-likeness (QED) is 0.682. The molecule has 2 fully saturated rings. The number of fused-ring (bicyclic) bond motifs is 1. The Hall–Kier alpha value is -0.120. The highest BCUT2D eigenvalue weighted by Gasteiger charge is 2.37. The highest BCUT2D eigenvalue weighted by molar-refractivity contribution is 4.91. The van der Waals surface area contributed by atoms with Gasteiger partial charge in [-0.1, -0.05) is 0 Å². The SMILES string of the molecule is CC(CN)N1CCOC2CCCC21. The van der Waals surface area contributed by atoms with Crippen molar-refractivity contribution in [1.29, 1.82) is 0 Å². The predicted octanol–water partition coefficient (Wildman–Crippen LogP) is 0.587. The molecule has 2 rings (SSSR count). The molecule has 0 aromatic rings. The summed E-state index contributed by atoms with van der Waals surface area (Å²) in [5, 5.41) is 0. The van der Waals surface area contributed by atoms with Crippen molar-refractivity contribution in [3.63, 3.8) is 0 Å². The number of rotatable bonds is 2. The van der Waals surface area contributed by atoms with Gasteiger partial charge in [0.2, 0.25) is 0 Å². The third-order valence-corrected chi connectivity index (χ3v) is 3.43. The van der Waals surface area contributed by atoms with Gasteiger partial charge in [-0.3, -0.25) is 4.90 Å². The zero-order valence-electron chi connectivity index (χ0n) is 8.41. The summed E-state index contributed by atoms with van der Waals surface area (Å²) in [6, 6.07) is 1.18. The molecule has 1 aliphatic heterocycles. The predicted molar refractivity (Wildman–Crippen MR) is 52.6 cm³/mol. The molecule has 3 nitrogen and oxygen atoms in total. The molecule has 1 aliphatic carbocycles. The average molecular weight is 184 g/mol. The van der Waals surface area contributed by atoms with Crippen molar-refractivity contribution in [3.05, 3.63) is 0 Å². The Morgan fingerprint density at radius 2 is 2.38 bits per heavy atom. The third kappa shape index (κ3) is 1.73. The van der Waals surface area contributed by atoms with Gasteiger partial charge in [0.05, 0.1) is 12.7 Å². The largest absolute Gasteiger partial charge is 0.375 e. The molecule has 3 unspecified atom stereocenters. The van der Waals surface area contributed by atoms with E-state index in [1.165, 1.54) is 19.3 Å². The summed E-state index contributed by atoms with van der Waals surface area (Å²) in [5.41, 5.74) is 5.70. The van der Waals surface area contributed by atoms with Gasteiger partial charge in [-0.05, 0) is 26.2 Å². The molecule has 0 radical (unpaired) electrons. The normalized spacial score (nSPS) is 37.4. The molecule has 0 amide bonds. The van der Waals surface area contributed by atoms with Crippen molar-refractivity contribution in [2.45, 2.75) is 44.4 Å². The number of ether oxygens (including phenoxy) is 1. The maximum atomic E-state index is 5.74.